The predicted octanol–water partition coefficient (Wildman–Crippen LogP) is 4.95. The van der Waals surface area contributed by atoms with Crippen molar-refractivity contribution in [3.8, 4) is 10.4 Å². The number of benzene rings is 3. The van der Waals surface area contributed by atoms with E-state index in [9.17, 15) is 15.0 Å². The van der Waals surface area contributed by atoms with E-state index < -0.39 is 5.97 Å². The van der Waals surface area contributed by atoms with Crippen molar-refractivity contribution in [1.29, 1.82) is 0 Å². The van der Waals surface area contributed by atoms with E-state index in [1.807, 2.05) is 30.3 Å². The van der Waals surface area contributed by atoms with Gasteiger partial charge in [-0.15, -0.1) is 11.3 Å². The quantitative estimate of drug-likeness (QED) is 0.513. The Labute approximate surface area is 148 Å². The van der Waals surface area contributed by atoms with Crippen molar-refractivity contribution in [2.75, 3.05) is 6.61 Å². The van der Waals surface area contributed by atoms with E-state index in [1.165, 1.54) is 11.3 Å². The van der Waals surface area contributed by atoms with Gasteiger partial charge in [0.2, 0.25) is 0 Å². The van der Waals surface area contributed by atoms with Crippen LogP contribution < -0.4 is 0 Å². The smallest absolute Gasteiger partial charge is 0.345 e. The Morgan fingerprint density at radius 2 is 1.40 bits per heavy atom. The fourth-order valence-corrected chi connectivity index (χ4v) is 4.37. The number of hydrogen-bond donors (Lipinski definition) is 2. The van der Waals surface area contributed by atoms with Crippen LogP contribution in [0.2, 0.25) is 0 Å². The molecule has 4 rings (SSSR count). The molecule has 0 atom stereocenters. The van der Waals surface area contributed by atoms with Gasteiger partial charge < -0.3 is 10.2 Å². The molecule has 0 fully saturated rings. The van der Waals surface area contributed by atoms with Gasteiger partial charge >= 0.3 is 5.97 Å². The van der Waals surface area contributed by atoms with Crippen LogP contribution in [0.5, 0.6) is 0 Å². The molecule has 1 heterocycles. The largest absolute Gasteiger partial charge is 0.477 e. The number of fused-ring (bicyclic) bond motifs is 2. The van der Waals surface area contributed by atoms with Crippen molar-refractivity contribution in [3.63, 3.8) is 0 Å². The van der Waals surface area contributed by atoms with Crippen LogP contribution in [0.1, 0.15) is 15.2 Å². The Morgan fingerprint density at radius 3 is 1.88 bits per heavy atom. The van der Waals surface area contributed by atoms with Crippen molar-refractivity contribution in [3.05, 3.63) is 71.1 Å². The average Bonchev–Trinajstić information content (AvgIpc) is 3.12. The van der Waals surface area contributed by atoms with Gasteiger partial charge in [0.05, 0.1) is 0 Å². The number of carboxylic acid groups (broad SMARTS) is 1. The van der Waals surface area contributed by atoms with E-state index >= 15 is 0 Å². The molecule has 0 radical (unpaired) electrons. The van der Waals surface area contributed by atoms with Gasteiger partial charge in [0, 0.05) is 17.0 Å². The number of aliphatic hydroxyl groups excluding tert-OH is 1. The molecule has 4 heteroatoms. The van der Waals surface area contributed by atoms with Crippen molar-refractivity contribution in [2.45, 2.75) is 6.42 Å². The molecule has 25 heavy (non-hydrogen) atoms. The topological polar surface area (TPSA) is 57.5 Å². The summed E-state index contributed by atoms with van der Waals surface area (Å²) in [7, 11) is 0. The van der Waals surface area contributed by atoms with E-state index in [0.717, 1.165) is 37.5 Å². The van der Waals surface area contributed by atoms with Crippen molar-refractivity contribution in [1.82, 2.24) is 0 Å². The number of aromatic carboxylic acids is 1. The van der Waals surface area contributed by atoms with Gasteiger partial charge in [-0.1, -0.05) is 48.5 Å². The molecule has 0 saturated heterocycles. The molecule has 0 aliphatic carbocycles. The molecule has 3 aromatic carbocycles. The maximum absolute atomic E-state index is 11.3. The molecule has 0 aliphatic heterocycles. The second-order valence-corrected chi connectivity index (χ2v) is 6.97. The molecular weight excluding hydrogens is 332 g/mol. The summed E-state index contributed by atoms with van der Waals surface area (Å²) in [5.41, 5.74) is 2.19. The van der Waals surface area contributed by atoms with Gasteiger partial charge in [-0.05, 0) is 45.7 Å². The van der Waals surface area contributed by atoms with Crippen molar-refractivity contribution in [2.24, 2.45) is 0 Å². The van der Waals surface area contributed by atoms with Crippen molar-refractivity contribution < 1.29 is 15.0 Å². The number of carboxylic acids is 1. The normalized spacial score (nSPS) is 11.2. The molecule has 0 saturated carbocycles. The minimum Gasteiger partial charge on any atom is -0.477 e. The van der Waals surface area contributed by atoms with Crippen LogP contribution in [0.4, 0.5) is 0 Å². The summed E-state index contributed by atoms with van der Waals surface area (Å²) < 4.78 is 0. The van der Waals surface area contributed by atoms with Gasteiger partial charge in [-0.3, -0.25) is 0 Å². The molecule has 4 aromatic rings. The molecule has 1 aromatic heterocycles. The van der Waals surface area contributed by atoms with E-state index in [4.69, 9.17) is 0 Å². The van der Waals surface area contributed by atoms with Crippen LogP contribution in [0, 0.1) is 0 Å². The number of thiophene rings is 1. The molecular formula is C21H16O3S. The Bertz CT molecular complexity index is 1040. The first kappa shape index (κ1) is 15.8. The van der Waals surface area contributed by atoms with E-state index in [-0.39, 0.29) is 6.61 Å². The molecule has 3 nitrogen and oxygen atoms in total. The zero-order valence-corrected chi connectivity index (χ0v) is 14.2. The van der Waals surface area contributed by atoms with Gasteiger partial charge in [-0.25, -0.2) is 4.79 Å². The molecule has 0 unspecified atom stereocenters. The third-order valence-electron chi connectivity index (χ3n) is 4.47. The zero-order valence-electron chi connectivity index (χ0n) is 13.4. The standard InChI is InChI=1S/C21H16O3S/c22-12-11-15-13-5-1-3-7-16(13)20(17-8-4-2-6-14(15)17)18-9-10-19(25-18)21(23)24/h1-10,22H,11-12H2,(H,23,24). The fraction of sp³-hybridized carbons (Fsp3) is 0.0952. The van der Waals surface area contributed by atoms with E-state index in [2.05, 4.69) is 24.3 Å². The second kappa shape index (κ2) is 6.31. The van der Waals surface area contributed by atoms with Crippen molar-refractivity contribution >= 4 is 38.9 Å². The summed E-state index contributed by atoms with van der Waals surface area (Å²) in [4.78, 5) is 12.6. The Hall–Kier alpha value is -2.69. The second-order valence-electron chi connectivity index (χ2n) is 5.89. The number of hydrogen-bond acceptors (Lipinski definition) is 3. The summed E-state index contributed by atoms with van der Waals surface area (Å²) in [6, 6.07) is 19.8. The highest BCUT2D eigenvalue weighted by Crippen LogP contribution is 2.41. The van der Waals surface area contributed by atoms with Crippen LogP contribution in [0.3, 0.4) is 0 Å². The minimum atomic E-state index is -0.901. The lowest BCUT2D eigenvalue weighted by atomic mass is 9.90. The predicted molar refractivity (Wildman–Crippen MR) is 103 cm³/mol. The Morgan fingerprint density at radius 1 is 0.840 bits per heavy atom. The molecule has 0 spiro atoms. The van der Waals surface area contributed by atoms with Gasteiger partial charge in [0.1, 0.15) is 4.88 Å². The van der Waals surface area contributed by atoms with Gasteiger partial charge in [-0.2, -0.15) is 0 Å². The Balaban J connectivity index is 2.14. The lowest BCUT2D eigenvalue weighted by Crippen LogP contribution is -1.96. The average molecular weight is 348 g/mol. The molecule has 0 aliphatic rings. The monoisotopic (exact) mass is 348 g/mol. The van der Waals surface area contributed by atoms with Gasteiger partial charge in [0.25, 0.3) is 0 Å². The van der Waals surface area contributed by atoms with Gasteiger partial charge in [0.15, 0.2) is 0 Å². The first-order chi connectivity index (χ1) is 12.2. The molecule has 0 bridgehead atoms. The number of aliphatic hydroxyl groups is 1. The van der Waals surface area contributed by atoms with Crippen LogP contribution in [0.15, 0.2) is 60.7 Å². The van der Waals surface area contributed by atoms with Crippen LogP contribution in [0.25, 0.3) is 32.0 Å². The summed E-state index contributed by atoms with van der Waals surface area (Å²) >= 11 is 1.29. The van der Waals surface area contributed by atoms with E-state index in [1.54, 1.807) is 6.07 Å². The third kappa shape index (κ3) is 2.60. The highest BCUT2D eigenvalue weighted by Gasteiger charge is 2.17. The lowest BCUT2D eigenvalue weighted by molar-refractivity contribution is 0.0702. The van der Waals surface area contributed by atoms with Crippen LogP contribution in [-0.4, -0.2) is 22.8 Å². The first-order valence-electron chi connectivity index (χ1n) is 8.07. The lowest BCUT2D eigenvalue weighted by Gasteiger charge is -2.15. The molecule has 2 N–H and O–H groups in total. The van der Waals surface area contributed by atoms with Crippen LogP contribution in [-0.2, 0) is 6.42 Å². The molecule has 0 amide bonds. The minimum absolute atomic E-state index is 0.0928. The maximum Gasteiger partial charge on any atom is 0.345 e. The summed E-state index contributed by atoms with van der Waals surface area (Å²) in [5, 5.41) is 23.2. The number of carbonyl (C=O) groups is 1. The summed E-state index contributed by atoms with van der Waals surface area (Å²) in [6.45, 7) is 0.0928. The maximum atomic E-state index is 11.3. The summed E-state index contributed by atoms with van der Waals surface area (Å²) in [6.07, 6.45) is 0.589. The Kier molecular flexibility index (Phi) is 3.99. The van der Waals surface area contributed by atoms with E-state index in [0.29, 0.717) is 11.3 Å². The third-order valence-corrected chi connectivity index (χ3v) is 5.56. The highest BCUT2D eigenvalue weighted by molar-refractivity contribution is 7.17. The SMILES string of the molecule is O=C(O)c1ccc(-c2c3ccccc3c(CCO)c3ccccc23)s1. The molecule has 124 valence electrons. The number of rotatable bonds is 4. The highest BCUT2D eigenvalue weighted by atomic mass is 32.1. The zero-order chi connectivity index (χ0) is 17.4. The van der Waals surface area contributed by atoms with Crippen LogP contribution >= 0.6 is 11.3 Å². The first-order valence-corrected chi connectivity index (χ1v) is 8.89. The fourth-order valence-electron chi connectivity index (χ4n) is 3.45. The summed E-state index contributed by atoms with van der Waals surface area (Å²) in [5.74, 6) is -0.901.